The zero-order valence-corrected chi connectivity index (χ0v) is 14.7. The molecule has 0 radical (unpaired) electrons. The summed E-state index contributed by atoms with van der Waals surface area (Å²) in [5, 5.41) is 4.49. The monoisotopic (exact) mass is 342 g/mol. The first kappa shape index (κ1) is 16.2. The number of hydrogen-bond acceptors (Lipinski definition) is 3. The van der Waals surface area contributed by atoms with E-state index in [1.54, 1.807) is 12.1 Å². The van der Waals surface area contributed by atoms with Crippen LogP contribution < -0.4 is 0 Å². The van der Waals surface area contributed by atoms with Crippen LogP contribution in [0.15, 0.2) is 24.3 Å². The molecule has 2 fully saturated rings. The number of benzene rings is 1. The predicted molar refractivity (Wildman–Crippen MR) is 91.7 cm³/mol. The standard InChI is InChI=1S/C19H23FN4O/c1-13-21-14(2)24(22-13)15-6-5-11-23(12-15)18(25)19(9-10-19)16-7-3-4-8-17(16)20/h3-4,7-8,15H,5-6,9-12H2,1-2H3. The lowest BCUT2D eigenvalue weighted by Gasteiger charge is -2.35. The summed E-state index contributed by atoms with van der Waals surface area (Å²) in [5.41, 5.74) is -0.101. The second-order valence-corrected chi connectivity index (χ2v) is 7.26. The van der Waals surface area contributed by atoms with Gasteiger partial charge < -0.3 is 4.90 Å². The van der Waals surface area contributed by atoms with Crippen LogP contribution >= 0.6 is 0 Å². The average Bonchev–Trinajstić information content (AvgIpc) is 3.34. The number of nitrogens with zero attached hydrogens (tertiary/aromatic N) is 4. The van der Waals surface area contributed by atoms with E-state index >= 15 is 0 Å². The van der Waals surface area contributed by atoms with Gasteiger partial charge in [-0.2, -0.15) is 5.10 Å². The third-order valence-electron chi connectivity index (χ3n) is 5.49. The summed E-state index contributed by atoms with van der Waals surface area (Å²) in [7, 11) is 0. The molecule has 0 N–H and O–H groups in total. The molecule has 1 aromatic heterocycles. The SMILES string of the molecule is Cc1nc(C)n(C2CCCN(C(=O)C3(c4ccccc4F)CC3)C2)n1. The number of amides is 1. The highest BCUT2D eigenvalue weighted by molar-refractivity contribution is 5.91. The van der Waals surface area contributed by atoms with Crippen molar-refractivity contribution in [3.63, 3.8) is 0 Å². The van der Waals surface area contributed by atoms with Crippen molar-refractivity contribution in [1.82, 2.24) is 19.7 Å². The Labute approximate surface area is 146 Å². The molecule has 6 heteroatoms. The Hall–Kier alpha value is -2.24. The molecular formula is C19H23FN4O. The molecule has 1 aliphatic carbocycles. The molecule has 2 aliphatic rings. The first-order valence-electron chi connectivity index (χ1n) is 8.95. The highest BCUT2D eigenvalue weighted by Crippen LogP contribution is 2.50. The predicted octanol–water partition coefficient (Wildman–Crippen LogP) is 2.93. The van der Waals surface area contributed by atoms with Crippen molar-refractivity contribution in [3.8, 4) is 0 Å². The summed E-state index contributed by atoms with van der Waals surface area (Å²) >= 11 is 0. The van der Waals surface area contributed by atoms with E-state index < -0.39 is 5.41 Å². The minimum atomic E-state index is -0.652. The molecule has 1 saturated carbocycles. The number of halogens is 1. The molecular weight excluding hydrogens is 319 g/mol. The maximum atomic E-state index is 14.3. The van der Waals surface area contributed by atoms with Crippen LogP contribution in [0, 0.1) is 19.7 Å². The van der Waals surface area contributed by atoms with Crippen molar-refractivity contribution in [2.24, 2.45) is 0 Å². The van der Waals surface area contributed by atoms with E-state index in [9.17, 15) is 9.18 Å². The van der Waals surface area contributed by atoms with Gasteiger partial charge in [0.1, 0.15) is 17.5 Å². The van der Waals surface area contributed by atoms with Gasteiger partial charge in [-0.3, -0.25) is 4.79 Å². The topological polar surface area (TPSA) is 51.0 Å². The van der Waals surface area contributed by atoms with Crippen LogP contribution in [0.4, 0.5) is 4.39 Å². The van der Waals surface area contributed by atoms with Crippen molar-refractivity contribution < 1.29 is 9.18 Å². The van der Waals surface area contributed by atoms with Gasteiger partial charge in [-0.25, -0.2) is 14.1 Å². The summed E-state index contributed by atoms with van der Waals surface area (Å²) in [5.74, 6) is 1.43. The Balaban J connectivity index is 1.57. The Morgan fingerprint density at radius 1 is 1.28 bits per heavy atom. The van der Waals surface area contributed by atoms with E-state index in [4.69, 9.17) is 0 Å². The molecule has 2 heterocycles. The number of carbonyl (C=O) groups excluding carboxylic acids is 1. The van der Waals surface area contributed by atoms with Crippen molar-refractivity contribution >= 4 is 5.91 Å². The maximum absolute atomic E-state index is 14.3. The lowest BCUT2D eigenvalue weighted by molar-refractivity contribution is -0.135. The van der Waals surface area contributed by atoms with Gasteiger partial charge in [0.25, 0.3) is 0 Å². The van der Waals surface area contributed by atoms with Crippen LogP contribution in [0.2, 0.25) is 0 Å². The normalized spacial score (nSPS) is 22.0. The third-order valence-corrected chi connectivity index (χ3v) is 5.49. The van der Waals surface area contributed by atoms with Gasteiger partial charge in [0.15, 0.2) is 0 Å². The quantitative estimate of drug-likeness (QED) is 0.862. The van der Waals surface area contributed by atoms with Crippen molar-refractivity contribution in [2.75, 3.05) is 13.1 Å². The number of carbonyl (C=O) groups is 1. The van der Waals surface area contributed by atoms with Gasteiger partial charge in [0.2, 0.25) is 5.91 Å². The van der Waals surface area contributed by atoms with Gasteiger partial charge in [0, 0.05) is 18.7 Å². The number of likely N-dealkylation sites (tertiary alicyclic amines) is 1. The Morgan fingerprint density at radius 3 is 2.68 bits per heavy atom. The number of aromatic nitrogens is 3. The minimum absolute atomic E-state index is 0.0665. The summed E-state index contributed by atoms with van der Waals surface area (Å²) in [6.07, 6.45) is 3.38. The van der Waals surface area contributed by atoms with Gasteiger partial charge in [0.05, 0.1) is 11.5 Å². The zero-order valence-electron chi connectivity index (χ0n) is 14.7. The molecule has 132 valence electrons. The highest BCUT2D eigenvalue weighted by atomic mass is 19.1. The number of aryl methyl sites for hydroxylation is 2. The molecule has 1 aliphatic heterocycles. The van der Waals surface area contributed by atoms with Gasteiger partial charge >= 0.3 is 0 Å². The zero-order chi connectivity index (χ0) is 17.6. The van der Waals surface area contributed by atoms with Gasteiger partial charge in [-0.15, -0.1) is 0 Å². The van der Waals surface area contributed by atoms with E-state index in [0.29, 0.717) is 12.1 Å². The van der Waals surface area contributed by atoms with Crippen LogP contribution in [0.5, 0.6) is 0 Å². The molecule has 1 atom stereocenters. The average molecular weight is 342 g/mol. The molecule has 2 aromatic rings. The summed E-state index contributed by atoms with van der Waals surface area (Å²) in [4.78, 5) is 19.5. The smallest absolute Gasteiger partial charge is 0.233 e. The minimum Gasteiger partial charge on any atom is -0.340 e. The van der Waals surface area contributed by atoms with Crippen LogP contribution in [0.1, 0.15) is 48.9 Å². The molecule has 1 amide bonds. The van der Waals surface area contributed by atoms with Crippen molar-refractivity contribution in [3.05, 3.63) is 47.3 Å². The first-order valence-corrected chi connectivity index (χ1v) is 8.95. The van der Waals surface area contributed by atoms with E-state index in [1.807, 2.05) is 29.5 Å². The molecule has 5 nitrogen and oxygen atoms in total. The van der Waals surface area contributed by atoms with Crippen LogP contribution in [0.25, 0.3) is 0 Å². The van der Waals surface area contributed by atoms with Crippen LogP contribution in [-0.2, 0) is 10.2 Å². The summed E-state index contributed by atoms with van der Waals surface area (Å²) in [6, 6.07) is 6.84. The second-order valence-electron chi connectivity index (χ2n) is 7.26. The van der Waals surface area contributed by atoms with E-state index in [0.717, 1.165) is 43.9 Å². The van der Waals surface area contributed by atoms with E-state index in [-0.39, 0.29) is 17.8 Å². The molecule has 1 unspecified atom stereocenters. The molecule has 1 saturated heterocycles. The molecule has 4 rings (SSSR count). The lowest BCUT2D eigenvalue weighted by atomic mass is 9.92. The molecule has 25 heavy (non-hydrogen) atoms. The van der Waals surface area contributed by atoms with Gasteiger partial charge in [-0.1, -0.05) is 18.2 Å². The second kappa shape index (κ2) is 5.93. The van der Waals surface area contributed by atoms with Crippen molar-refractivity contribution in [1.29, 1.82) is 0 Å². The van der Waals surface area contributed by atoms with Crippen LogP contribution in [0.3, 0.4) is 0 Å². The maximum Gasteiger partial charge on any atom is 0.233 e. The number of piperidine rings is 1. The van der Waals surface area contributed by atoms with Crippen LogP contribution in [-0.4, -0.2) is 38.7 Å². The first-order chi connectivity index (χ1) is 12.0. The fraction of sp³-hybridized carbons (Fsp3) is 0.526. The van der Waals surface area contributed by atoms with Gasteiger partial charge in [-0.05, 0) is 45.6 Å². The Bertz CT molecular complexity index is 812. The highest BCUT2D eigenvalue weighted by Gasteiger charge is 2.54. The number of hydrogen-bond donors (Lipinski definition) is 0. The third kappa shape index (κ3) is 2.73. The van der Waals surface area contributed by atoms with E-state index in [1.165, 1.54) is 6.07 Å². The molecule has 0 spiro atoms. The Kier molecular flexibility index (Phi) is 3.85. The summed E-state index contributed by atoms with van der Waals surface area (Å²) < 4.78 is 16.2. The summed E-state index contributed by atoms with van der Waals surface area (Å²) in [6.45, 7) is 5.19. The Morgan fingerprint density at radius 2 is 2.04 bits per heavy atom. The fourth-order valence-corrected chi connectivity index (χ4v) is 4.10. The van der Waals surface area contributed by atoms with E-state index in [2.05, 4.69) is 10.1 Å². The largest absolute Gasteiger partial charge is 0.340 e. The molecule has 0 bridgehead atoms. The molecule has 1 aromatic carbocycles. The lowest BCUT2D eigenvalue weighted by Crippen LogP contribution is -2.46. The van der Waals surface area contributed by atoms with Crippen molar-refractivity contribution in [2.45, 2.75) is 51.0 Å². The fourth-order valence-electron chi connectivity index (χ4n) is 4.10. The number of rotatable bonds is 3.